The summed E-state index contributed by atoms with van der Waals surface area (Å²) in [6, 6.07) is 3.64. The first-order valence-corrected chi connectivity index (χ1v) is 6.88. The van der Waals surface area contributed by atoms with Crippen LogP contribution < -0.4 is 5.32 Å². The van der Waals surface area contributed by atoms with E-state index >= 15 is 0 Å². The van der Waals surface area contributed by atoms with Gasteiger partial charge in [-0.3, -0.25) is 0 Å². The van der Waals surface area contributed by atoms with Crippen molar-refractivity contribution in [3.8, 4) is 5.82 Å². The Labute approximate surface area is 122 Å². The van der Waals surface area contributed by atoms with Gasteiger partial charge < -0.3 is 5.32 Å². The summed E-state index contributed by atoms with van der Waals surface area (Å²) in [6.07, 6.45) is 3.29. The highest BCUT2D eigenvalue weighted by atomic mass is 35.5. The molecular formula is C13H16Cl2N4. The zero-order chi connectivity index (χ0) is 13.8. The summed E-state index contributed by atoms with van der Waals surface area (Å²) in [7, 11) is 0. The topological polar surface area (TPSA) is 42.7 Å². The van der Waals surface area contributed by atoms with Gasteiger partial charge in [0.1, 0.15) is 0 Å². The van der Waals surface area contributed by atoms with E-state index in [4.69, 9.17) is 23.2 Å². The maximum absolute atomic E-state index is 6.15. The molecule has 0 aliphatic heterocycles. The average molecular weight is 299 g/mol. The Morgan fingerprint density at radius 1 is 1.32 bits per heavy atom. The van der Waals surface area contributed by atoms with Crippen LogP contribution in [0.3, 0.4) is 0 Å². The van der Waals surface area contributed by atoms with Crippen LogP contribution in [0.15, 0.2) is 24.5 Å². The Morgan fingerprint density at radius 2 is 2.11 bits per heavy atom. The number of hydrogen-bond donors (Lipinski definition) is 1. The van der Waals surface area contributed by atoms with E-state index in [9.17, 15) is 0 Å². The van der Waals surface area contributed by atoms with Crippen LogP contribution in [0.5, 0.6) is 0 Å². The number of aromatic nitrogens is 3. The minimum atomic E-state index is 0.580. The van der Waals surface area contributed by atoms with E-state index in [1.54, 1.807) is 17.1 Å². The molecule has 2 rings (SSSR count). The first-order valence-electron chi connectivity index (χ1n) is 6.13. The maximum atomic E-state index is 6.15. The van der Waals surface area contributed by atoms with Crippen LogP contribution in [0.4, 0.5) is 0 Å². The Balaban J connectivity index is 2.15. The zero-order valence-corrected chi connectivity index (χ0v) is 12.4. The molecular weight excluding hydrogens is 283 g/mol. The molecule has 0 bridgehead atoms. The molecule has 0 aromatic carbocycles. The largest absolute Gasteiger partial charge is 0.311 e. The van der Waals surface area contributed by atoms with E-state index in [2.05, 4.69) is 29.2 Å². The second-order valence-electron chi connectivity index (χ2n) is 4.73. The fourth-order valence-corrected chi connectivity index (χ4v) is 1.94. The van der Waals surface area contributed by atoms with Gasteiger partial charge in [-0.15, -0.1) is 0 Å². The standard InChI is InChI=1S/C13H16Cl2N4/c1-9(2)5-16-7-12-11(15)3-4-13(18-12)19-8-10(14)6-17-19/h3-4,6,8-9,16H,5,7H2,1-2H3. The van der Waals surface area contributed by atoms with E-state index in [0.29, 0.717) is 28.3 Å². The predicted octanol–water partition coefficient (Wildman–Crippen LogP) is 3.32. The predicted molar refractivity (Wildman–Crippen MR) is 77.9 cm³/mol. The highest BCUT2D eigenvalue weighted by Gasteiger charge is 2.07. The van der Waals surface area contributed by atoms with Gasteiger partial charge in [0.15, 0.2) is 5.82 Å². The number of halogens is 2. The first kappa shape index (κ1) is 14.3. The van der Waals surface area contributed by atoms with Crippen LogP contribution in [0.2, 0.25) is 10.0 Å². The zero-order valence-electron chi connectivity index (χ0n) is 10.9. The second kappa shape index (κ2) is 6.37. The first-order chi connectivity index (χ1) is 9.06. The van der Waals surface area contributed by atoms with E-state index in [-0.39, 0.29) is 0 Å². The number of rotatable bonds is 5. The summed E-state index contributed by atoms with van der Waals surface area (Å²) in [4.78, 5) is 4.50. The van der Waals surface area contributed by atoms with Crippen LogP contribution in [0.25, 0.3) is 5.82 Å². The highest BCUT2D eigenvalue weighted by molar-refractivity contribution is 6.31. The molecule has 19 heavy (non-hydrogen) atoms. The monoisotopic (exact) mass is 298 g/mol. The molecule has 0 fully saturated rings. The summed E-state index contributed by atoms with van der Waals surface area (Å²) >= 11 is 12.0. The van der Waals surface area contributed by atoms with Gasteiger partial charge >= 0.3 is 0 Å². The molecule has 0 spiro atoms. The minimum absolute atomic E-state index is 0.580. The molecule has 1 N–H and O–H groups in total. The van der Waals surface area contributed by atoms with Crippen LogP contribution in [0.1, 0.15) is 19.5 Å². The van der Waals surface area contributed by atoms with Gasteiger partial charge in [0.2, 0.25) is 0 Å². The molecule has 2 heterocycles. The van der Waals surface area contributed by atoms with Gasteiger partial charge in [0.05, 0.1) is 28.1 Å². The van der Waals surface area contributed by atoms with Gasteiger partial charge in [-0.1, -0.05) is 37.0 Å². The summed E-state index contributed by atoms with van der Waals surface area (Å²) in [5.74, 6) is 1.30. The third-order valence-electron chi connectivity index (χ3n) is 2.53. The minimum Gasteiger partial charge on any atom is -0.311 e. The van der Waals surface area contributed by atoms with E-state index < -0.39 is 0 Å². The van der Waals surface area contributed by atoms with Crippen molar-refractivity contribution in [3.05, 3.63) is 40.3 Å². The van der Waals surface area contributed by atoms with E-state index in [1.165, 1.54) is 0 Å². The van der Waals surface area contributed by atoms with Crippen molar-refractivity contribution in [2.75, 3.05) is 6.54 Å². The Morgan fingerprint density at radius 3 is 2.74 bits per heavy atom. The van der Waals surface area contributed by atoms with Gasteiger partial charge in [0, 0.05) is 6.54 Å². The third kappa shape index (κ3) is 3.93. The van der Waals surface area contributed by atoms with Gasteiger partial charge in [-0.05, 0) is 24.6 Å². The second-order valence-corrected chi connectivity index (χ2v) is 5.57. The number of pyridine rings is 1. The van der Waals surface area contributed by atoms with Crippen LogP contribution in [0, 0.1) is 5.92 Å². The van der Waals surface area contributed by atoms with Crippen LogP contribution >= 0.6 is 23.2 Å². The van der Waals surface area contributed by atoms with Crippen molar-refractivity contribution < 1.29 is 0 Å². The van der Waals surface area contributed by atoms with Crippen molar-refractivity contribution in [1.29, 1.82) is 0 Å². The van der Waals surface area contributed by atoms with Crippen molar-refractivity contribution >= 4 is 23.2 Å². The molecule has 4 nitrogen and oxygen atoms in total. The Bertz CT molecular complexity index is 551. The Hall–Kier alpha value is -1.10. The average Bonchev–Trinajstić information content (AvgIpc) is 2.78. The summed E-state index contributed by atoms with van der Waals surface area (Å²) in [6.45, 7) is 5.88. The SMILES string of the molecule is CC(C)CNCc1nc(-n2cc(Cl)cn2)ccc1Cl. The molecule has 0 saturated heterocycles. The quantitative estimate of drug-likeness (QED) is 0.921. The number of nitrogens with one attached hydrogen (secondary N) is 1. The number of nitrogens with zero attached hydrogens (tertiary/aromatic N) is 3. The van der Waals surface area contributed by atoms with Crippen LogP contribution in [-0.2, 0) is 6.54 Å². The fourth-order valence-electron chi connectivity index (χ4n) is 1.63. The molecule has 6 heteroatoms. The van der Waals surface area contributed by atoms with E-state index in [0.717, 1.165) is 12.2 Å². The molecule has 0 amide bonds. The van der Waals surface area contributed by atoms with Gasteiger partial charge in [-0.25, -0.2) is 9.67 Å². The van der Waals surface area contributed by atoms with Crippen molar-refractivity contribution in [3.63, 3.8) is 0 Å². The summed E-state index contributed by atoms with van der Waals surface area (Å²) in [5.41, 5.74) is 0.812. The maximum Gasteiger partial charge on any atom is 0.153 e. The van der Waals surface area contributed by atoms with Gasteiger partial charge in [-0.2, -0.15) is 5.10 Å². The van der Waals surface area contributed by atoms with Crippen molar-refractivity contribution in [1.82, 2.24) is 20.1 Å². The highest BCUT2D eigenvalue weighted by Crippen LogP contribution is 2.17. The fraction of sp³-hybridized carbons (Fsp3) is 0.385. The molecule has 0 unspecified atom stereocenters. The Kier molecular flexibility index (Phi) is 4.80. The normalized spacial score (nSPS) is 11.2. The molecule has 2 aromatic rings. The summed E-state index contributed by atoms with van der Waals surface area (Å²) in [5, 5.41) is 8.68. The molecule has 102 valence electrons. The molecule has 0 aliphatic carbocycles. The smallest absolute Gasteiger partial charge is 0.153 e. The lowest BCUT2D eigenvalue weighted by Gasteiger charge is -2.09. The van der Waals surface area contributed by atoms with Crippen molar-refractivity contribution in [2.45, 2.75) is 20.4 Å². The number of hydrogen-bond acceptors (Lipinski definition) is 3. The molecule has 2 aromatic heterocycles. The van der Waals surface area contributed by atoms with Gasteiger partial charge in [0.25, 0.3) is 0 Å². The molecule has 0 atom stereocenters. The molecule has 0 aliphatic rings. The van der Waals surface area contributed by atoms with Crippen LogP contribution in [-0.4, -0.2) is 21.3 Å². The van der Waals surface area contributed by atoms with E-state index in [1.807, 2.05) is 12.1 Å². The lowest BCUT2D eigenvalue weighted by atomic mass is 10.2. The third-order valence-corrected chi connectivity index (χ3v) is 3.07. The lowest BCUT2D eigenvalue weighted by Crippen LogP contribution is -2.20. The van der Waals surface area contributed by atoms with Crippen molar-refractivity contribution in [2.24, 2.45) is 5.92 Å². The summed E-state index contributed by atoms with van der Waals surface area (Å²) < 4.78 is 1.63. The molecule has 0 radical (unpaired) electrons. The lowest BCUT2D eigenvalue weighted by molar-refractivity contribution is 0.548. The molecule has 0 saturated carbocycles.